The van der Waals surface area contributed by atoms with E-state index in [9.17, 15) is 9.59 Å². The average Bonchev–Trinajstić information content (AvgIpc) is 2.86. The first-order valence-electron chi connectivity index (χ1n) is 11.9. The van der Waals surface area contributed by atoms with Crippen LogP contribution in [0.5, 0.6) is 0 Å². The molecule has 3 aromatic carbocycles. The second-order valence-corrected chi connectivity index (χ2v) is 8.67. The third kappa shape index (κ3) is 6.16. The summed E-state index contributed by atoms with van der Waals surface area (Å²) in [5, 5.41) is 8.81. The maximum Gasteiger partial charge on any atom is 0.323 e. The van der Waals surface area contributed by atoms with Crippen molar-refractivity contribution in [1.82, 2.24) is 5.32 Å². The van der Waals surface area contributed by atoms with Crippen molar-refractivity contribution in [3.05, 3.63) is 89.5 Å². The van der Waals surface area contributed by atoms with E-state index in [0.717, 1.165) is 49.3 Å². The van der Waals surface area contributed by atoms with Crippen molar-refractivity contribution in [2.24, 2.45) is 0 Å². The summed E-state index contributed by atoms with van der Waals surface area (Å²) in [5.41, 5.74) is 5.01. The smallest absolute Gasteiger partial charge is 0.323 e. The van der Waals surface area contributed by atoms with Gasteiger partial charge in [-0.3, -0.25) is 4.79 Å². The number of hydrogen-bond donors (Lipinski definition) is 3. The molecule has 34 heavy (non-hydrogen) atoms. The van der Waals surface area contributed by atoms with Crippen molar-refractivity contribution in [2.75, 3.05) is 35.2 Å². The number of urea groups is 1. The molecule has 176 valence electrons. The minimum atomic E-state index is -0.338. The Morgan fingerprint density at radius 2 is 1.59 bits per heavy atom. The Labute approximate surface area is 201 Å². The summed E-state index contributed by atoms with van der Waals surface area (Å²) in [6, 6.07) is 23.0. The average molecular weight is 457 g/mol. The van der Waals surface area contributed by atoms with Gasteiger partial charge in [0, 0.05) is 36.7 Å². The van der Waals surface area contributed by atoms with Crippen LogP contribution in [0, 0.1) is 6.92 Å². The van der Waals surface area contributed by atoms with E-state index in [-0.39, 0.29) is 11.9 Å². The first-order chi connectivity index (χ1) is 16.6. The molecule has 1 aliphatic heterocycles. The lowest BCUT2D eigenvalue weighted by Gasteiger charge is -2.30. The third-order valence-electron chi connectivity index (χ3n) is 6.13. The number of rotatable bonds is 7. The number of carbonyl (C=O) groups excluding carboxylic acids is 2. The molecule has 6 heteroatoms. The summed E-state index contributed by atoms with van der Waals surface area (Å²) in [7, 11) is 0. The lowest BCUT2D eigenvalue weighted by atomic mass is 10.1. The van der Waals surface area contributed by atoms with Gasteiger partial charge in [0.1, 0.15) is 0 Å². The van der Waals surface area contributed by atoms with Gasteiger partial charge >= 0.3 is 6.03 Å². The molecule has 0 unspecified atom stereocenters. The Balaban J connectivity index is 1.48. The van der Waals surface area contributed by atoms with Crippen molar-refractivity contribution < 1.29 is 9.59 Å². The molecule has 1 heterocycles. The fraction of sp³-hybridized carbons (Fsp3) is 0.286. The lowest BCUT2D eigenvalue weighted by Crippen LogP contribution is -2.33. The Hall–Kier alpha value is -3.80. The molecule has 6 nitrogen and oxygen atoms in total. The van der Waals surface area contributed by atoms with Crippen molar-refractivity contribution >= 4 is 29.0 Å². The van der Waals surface area contributed by atoms with E-state index >= 15 is 0 Å². The number of nitrogens with zero attached hydrogens (tertiary/aromatic N) is 1. The topological polar surface area (TPSA) is 73.5 Å². The maximum atomic E-state index is 13.2. The normalized spacial score (nSPS) is 13.3. The van der Waals surface area contributed by atoms with Gasteiger partial charge in [-0.2, -0.15) is 0 Å². The molecule has 0 aliphatic carbocycles. The number of amides is 3. The number of benzene rings is 3. The lowest BCUT2D eigenvalue weighted by molar-refractivity contribution is 0.0954. The number of aryl methyl sites for hydroxylation is 1. The SMILES string of the molecule is Cc1ccccc1NC(=O)Nc1ccc(N2CCCCC2)c(C(=O)NCCc2ccccc2)c1. The van der Waals surface area contributed by atoms with Crippen LogP contribution in [0.4, 0.5) is 21.9 Å². The van der Waals surface area contributed by atoms with Crippen molar-refractivity contribution in [3.63, 3.8) is 0 Å². The first-order valence-corrected chi connectivity index (χ1v) is 11.9. The summed E-state index contributed by atoms with van der Waals surface area (Å²) >= 11 is 0. The molecule has 0 saturated carbocycles. The molecule has 0 atom stereocenters. The molecule has 0 radical (unpaired) electrons. The van der Waals surface area contributed by atoms with Crippen molar-refractivity contribution in [3.8, 4) is 0 Å². The second kappa shape index (κ2) is 11.4. The monoisotopic (exact) mass is 456 g/mol. The highest BCUT2D eigenvalue weighted by Crippen LogP contribution is 2.27. The highest BCUT2D eigenvalue weighted by molar-refractivity contribution is 6.04. The molecule has 1 fully saturated rings. The first kappa shape index (κ1) is 23.4. The molecule has 0 spiro atoms. The van der Waals surface area contributed by atoms with Crippen LogP contribution in [0.25, 0.3) is 0 Å². The van der Waals surface area contributed by atoms with Crippen molar-refractivity contribution in [1.29, 1.82) is 0 Å². The molecule has 0 aromatic heterocycles. The zero-order valence-corrected chi connectivity index (χ0v) is 19.6. The largest absolute Gasteiger partial charge is 0.371 e. The summed E-state index contributed by atoms with van der Waals surface area (Å²) in [6.07, 6.45) is 4.22. The zero-order valence-electron chi connectivity index (χ0n) is 19.6. The van der Waals surface area contributed by atoms with Gasteiger partial charge in [0.15, 0.2) is 0 Å². The number of anilines is 3. The Bertz CT molecular complexity index is 1120. The van der Waals surface area contributed by atoms with Gasteiger partial charge in [0.2, 0.25) is 0 Å². The van der Waals surface area contributed by atoms with Crippen LogP contribution < -0.4 is 20.9 Å². The van der Waals surface area contributed by atoms with Gasteiger partial charge in [-0.1, -0.05) is 48.5 Å². The molecular weight excluding hydrogens is 424 g/mol. The Morgan fingerprint density at radius 1 is 0.853 bits per heavy atom. The van der Waals surface area contributed by atoms with Crippen LogP contribution in [0.1, 0.15) is 40.7 Å². The van der Waals surface area contributed by atoms with Crippen LogP contribution in [-0.4, -0.2) is 31.6 Å². The van der Waals surface area contributed by atoms with Gasteiger partial charge in [-0.15, -0.1) is 0 Å². The van der Waals surface area contributed by atoms with Gasteiger partial charge in [0.25, 0.3) is 5.91 Å². The fourth-order valence-corrected chi connectivity index (χ4v) is 4.26. The standard InChI is InChI=1S/C28H32N4O2/c1-21-10-6-7-13-25(21)31-28(34)30-23-14-15-26(32-18-8-3-9-19-32)24(20-23)27(33)29-17-16-22-11-4-2-5-12-22/h2,4-7,10-15,20H,3,8-9,16-19H2,1H3,(H,29,33)(H2,30,31,34). The molecule has 4 rings (SSSR count). The predicted molar refractivity (Wildman–Crippen MR) is 139 cm³/mol. The molecular formula is C28H32N4O2. The molecule has 3 amide bonds. The number of piperidine rings is 1. The minimum absolute atomic E-state index is 0.125. The summed E-state index contributed by atoms with van der Waals surface area (Å²) in [5.74, 6) is -0.125. The Morgan fingerprint density at radius 3 is 2.35 bits per heavy atom. The fourth-order valence-electron chi connectivity index (χ4n) is 4.26. The quantitative estimate of drug-likeness (QED) is 0.433. The highest BCUT2D eigenvalue weighted by atomic mass is 16.2. The third-order valence-corrected chi connectivity index (χ3v) is 6.13. The van der Waals surface area contributed by atoms with Crippen LogP contribution >= 0.6 is 0 Å². The second-order valence-electron chi connectivity index (χ2n) is 8.67. The summed E-state index contributed by atoms with van der Waals surface area (Å²) in [4.78, 5) is 28.1. The number of carbonyl (C=O) groups is 2. The van der Waals surface area contributed by atoms with E-state index in [1.165, 1.54) is 12.0 Å². The maximum absolute atomic E-state index is 13.2. The molecule has 1 saturated heterocycles. The number of hydrogen-bond acceptors (Lipinski definition) is 3. The zero-order chi connectivity index (χ0) is 23.8. The van der Waals surface area contributed by atoms with Crippen LogP contribution in [0.3, 0.4) is 0 Å². The van der Waals surface area contributed by atoms with Gasteiger partial charge in [-0.25, -0.2) is 4.79 Å². The molecule has 3 N–H and O–H groups in total. The summed E-state index contributed by atoms with van der Waals surface area (Å²) in [6.45, 7) is 4.37. The molecule has 3 aromatic rings. The highest BCUT2D eigenvalue weighted by Gasteiger charge is 2.19. The van der Waals surface area contributed by atoms with E-state index in [4.69, 9.17) is 0 Å². The Kier molecular flexibility index (Phi) is 7.81. The van der Waals surface area contributed by atoms with Crippen LogP contribution in [-0.2, 0) is 6.42 Å². The van der Waals surface area contributed by atoms with E-state index in [1.54, 1.807) is 6.07 Å². The van der Waals surface area contributed by atoms with Gasteiger partial charge in [0.05, 0.1) is 5.56 Å². The van der Waals surface area contributed by atoms with Crippen molar-refractivity contribution in [2.45, 2.75) is 32.6 Å². The molecule has 0 bridgehead atoms. The number of para-hydroxylation sites is 1. The van der Waals surface area contributed by atoms with Gasteiger partial charge in [-0.05, 0) is 68.0 Å². The van der Waals surface area contributed by atoms with Gasteiger partial charge < -0.3 is 20.9 Å². The van der Waals surface area contributed by atoms with Crippen LogP contribution in [0.2, 0.25) is 0 Å². The van der Waals surface area contributed by atoms with E-state index in [1.807, 2.05) is 61.5 Å². The summed E-state index contributed by atoms with van der Waals surface area (Å²) < 4.78 is 0. The number of nitrogens with one attached hydrogen (secondary N) is 3. The van der Waals surface area contributed by atoms with E-state index in [2.05, 4.69) is 33.0 Å². The minimum Gasteiger partial charge on any atom is -0.371 e. The van der Waals surface area contributed by atoms with E-state index < -0.39 is 0 Å². The van der Waals surface area contributed by atoms with E-state index in [0.29, 0.717) is 17.8 Å². The molecule has 1 aliphatic rings. The van der Waals surface area contributed by atoms with Crippen LogP contribution in [0.15, 0.2) is 72.8 Å². The predicted octanol–water partition coefficient (Wildman–Crippen LogP) is 5.60.